The molecular weight excluding hydrogens is 358 g/mol. The standard InChI is InChI=1S/C21H25N3O4/c1-21(2,3)20(27)23-15-8-4-7-14(13-15)22-18(25)16-9-5-11-24(16)19(26)17-10-6-12-28-17/h4,6-8,10,12-13,16H,5,9,11H2,1-3H3,(H,22,25)(H,23,27). The van der Waals surface area contributed by atoms with Gasteiger partial charge in [0.25, 0.3) is 5.91 Å². The smallest absolute Gasteiger partial charge is 0.290 e. The highest BCUT2D eigenvalue weighted by Crippen LogP contribution is 2.24. The molecule has 1 saturated heterocycles. The lowest BCUT2D eigenvalue weighted by Gasteiger charge is -2.23. The summed E-state index contributed by atoms with van der Waals surface area (Å²) in [6.07, 6.45) is 2.79. The lowest BCUT2D eigenvalue weighted by atomic mass is 9.95. The van der Waals surface area contributed by atoms with E-state index in [1.165, 1.54) is 6.26 Å². The Kier molecular flexibility index (Phi) is 5.53. The van der Waals surface area contributed by atoms with Gasteiger partial charge in [-0.25, -0.2) is 0 Å². The number of carbonyl (C=O) groups is 3. The van der Waals surface area contributed by atoms with Gasteiger partial charge in [0.05, 0.1) is 6.26 Å². The van der Waals surface area contributed by atoms with E-state index in [0.717, 1.165) is 6.42 Å². The minimum Gasteiger partial charge on any atom is -0.459 e. The van der Waals surface area contributed by atoms with Gasteiger partial charge in [0, 0.05) is 23.3 Å². The molecule has 3 rings (SSSR count). The van der Waals surface area contributed by atoms with E-state index in [0.29, 0.717) is 24.3 Å². The summed E-state index contributed by atoms with van der Waals surface area (Å²) in [4.78, 5) is 39.0. The molecule has 0 spiro atoms. The molecule has 148 valence electrons. The Morgan fingerprint density at radius 3 is 2.43 bits per heavy atom. The number of nitrogens with one attached hydrogen (secondary N) is 2. The van der Waals surface area contributed by atoms with E-state index in [1.54, 1.807) is 41.3 Å². The Morgan fingerprint density at radius 2 is 1.79 bits per heavy atom. The number of hydrogen-bond donors (Lipinski definition) is 2. The van der Waals surface area contributed by atoms with Crippen molar-refractivity contribution in [3.63, 3.8) is 0 Å². The van der Waals surface area contributed by atoms with Gasteiger partial charge in [0.15, 0.2) is 5.76 Å². The van der Waals surface area contributed by atoms with Gasteiger partial charge in [-0.2, -0.15) is 0 Å². The summed E-state index contributed by atoms with van der Waals surface area (Å²) in [5, 5.41) is 5.70. The van der Waals surface area contributed by atoms with Crippen LogP contribution >= 0.6 is 0 Å². The van der Waals surface area contributed by atoms with Crippen LogP contribution in [0.1, 0.15) is 44.2 Å². The molecule has 0 aliphatic carbocycles. The highest BCUT2D eigenvalue weighted by atomic mass is 16.3. The Balaban J connectivity index is 1.68. The number of rotatable bonds is 4. The molecule has 1 aliphatic rings. The van der Waals surface area contributed by atoms with E-state index in [4.69, 9.17) is 4.42 Å². The lowest BCUT2D eigenvalue weighted by molar-refractivity contribution is -0.123. The average molecular weight is 383 g/mol. The summed E-state index contributed by atoms with van der Waals surface area (Å²) in [6.45, 7) is 6.01. The summed E-state index contributed by atoms with van der Waals surface area (Å²) < 4.78 is 5.17. The van der Waals surface area contributed by atoms with Crippen molar-refractivity contribution < 1.29 is 18.8 Å². The molecule has 1 fully saturated rings. The summed E-state index contributed by atoms with van der Waals surface area (Å²) in [6, 6.07) is 9.67. The predicted octanol–water partition coefficient (Wildman–Crippen LogP) is 3.51. The third kappa shape index (κ3) is 4.42. The number of likely N-dealkylation sites (tertiary alicyclic amines) is 1. The second-order valence-corrected chi connectivity index (χ2v) is 7.91. The van der Waals surface area contributed by atoms with Crippen LogP contribution in [0.4, 0.5) is 11.4 Å². The molecule has 0 radical (unpaired) electrons. The third-order valence-corrected chi connectivity index (χ3v) is 4.62. The van der Waals surface area contributed by atoms with Crippen LogP contribution in [0.3, 0.4) is 0 Å². The molecule has 2 heterocycles. The van der Waals surface area contributed by atoms with Crippen LogP contribution in [0.25, 0.3) is 0 Å². The maximum atomic E-state index is 12.8. The van der Waals surface area contributed by atoms with Crippen LogP contribution in [-0.2, 0) is 9.59 Å². The Labute approximate surface area is 164 Å². The number of hydrogen-bond acceptors (Lipinski definition) is 4. The van der Waals surface area contributed by atoms with Crippen LogP contribution < -0.4 is 10.6 Å². The van der Waals surface area contributed by atoms with Crippen LogP contribution in [0.15, 0.2) is 47.1 Å². The van der Waals surface area contributed by atoms with Crippen LogP contribution in [0.5, 0.6) is 0 Å². The number of anilines is 2. The van der Waals surface area contributed by atoms with Crippen molar-refractivity contribution in [2.75, 3.05) is 17.2 Å². The highest BCUT2D eigenvalue weighted by molar-refractivity contribution is 6.01. The van der Waals surface area contributed by atoms with Gasteiger partial charge >= 0.3 is 0 Å². The van der Waals surface area contributed by atoms with Gasteiger partial charge in [-0.05, 0) is 43.2 Å². The van der Waals surface area contributed by atoms with Crippen molar-refractivity contribution in [1.82, 2.24) is 4.90 Å². The van der Waals surface area contributed by atoms with Crippen molar-refractivity contribution in [3.05, 3.63) is 48.4 Å². The number of furan rings is 1. The minimum absolute atomic E-state index is 0.109. The van der Waals surface area contributed by atoms with Crippen molar-refractivity contribution >= 4 is 29.1 Å². The first-order valence-corrected chi connectivity index (χ1v) is 9.32. The molecule has 0 bridgehead atoms. The second kappa shape index (κ2) is 7.88. The molecule has 1 unspecified atom stereocenters. The van der Waals surface area contributed by atoms with Crippen LogP contribution in [0.2, 0.25) is 0 Å². The third-order valence-electron chi connectivity index (χ3n) is 4.62. The topological polar surface area (TPSA) is 91.7 Å². The van der Waals surface area contributed by atoms with Gasteiger partial charge in [-0.1, -0.05) is 26.8 Å². The average Bonchev–Trinajstić information content (AvgIpc) is 3.32. The normalized spacial score (nSPS) is 16.7. The van der Waals surface area contributed by atoms with Crippen molar-refractivity contribution in [2.24, 2.45) is 5.41 Å². The first-order chi connectivity index (χ1) is 13.3. The molecule has 1 atom stereocenters. The largest absolute Gasteiger partial charge is 0.459 e. The zero-order valence-corrected chi connectivity index (χ0v) is 16.3. The molecule has 0 saturated carbocycles. The van der Waals surface area contributed by atoms with Crippen molar-refractivity contribution in [3.8, 4) is 0 Å². The zero-order chi connectivity index (χ0) is 20.3. The summed E-state index contributed by atoms with van der Waals surface area (Å²) in [7, 11) is 0. The van der Waals surface area contributed by atoms with Gasteiger partial charge in [-0.3, -0.25) is 14.4 Å². The molecule has 7 heteroatoms. The van der Waals surface area contributed by atoms with Gasteiger partial charge < -0.3 is 20.0 Å². The van der Waals surface area contributed by atoms with Crippen molar-refractivity contribution in [1.29, 1.82) is 0 Å². The predicted molar refractivity (Wildman–Crippen MR) is 106 cm³/mol. The fourth-order valence-electron chi connectivity index (χ4n) is 3.04. The monoisotopic (exact) mass is 383 g/mol. The molecule has 3 amide bonds. The fourth-order valence-corrected chi connectivity index (χ4v) is 3.04. The van der Waals surface area contributed by atoms with E-state index >= 15 is 0 Å². The molecule has 1 aromatic heterocycles. The van der Waals surface area contributed by atoms with E-state index in [9.17, 15) is 14.4 Å². The quantitative estimate of drug-likeness (QED) is 0.845. The Hall–Kier alpha value is -3.09. The Morgan fingerprint density at radius 1 is 1.07 bits per heavy atom. The maximum Gasteiger partial charge on any atom is 0.290 e. The van der Waals surface area contributed by atoms with Crippen LogP contribution in [-0.4, -0.2) is 35.2 Å². The maximum absolute atomic E-state index is 12.8. The fraction of sp³-hybridized carbons (Fsp3) is 0.381. The van der Waals surface area contributed by atoms with E-state index in [2.05, 4.69) is 10.6 Å². The van der Waals surface area contributed by atoms with E-state index in [-0.39, 0.29) is 23.5 Å². The number of nitrogens with zero attached hydrogens (tertiary/aromatic N) is 1. The molecular formula is C21H25N3O4. The van der Waals surface area contributed by atoms with Gasteiger partial charge in [-0.15, -0.1) is 0 Å². The summed E-state index contributed by atoms with van der Waals surface area (Å²) >= 11 is 0. The minimum atomic E-state index is -0.551. The number of carbonyl (C=O) groups excluding carboxylic acids is 3. The first-order valence-electron chi connectivity index (χ1n) is 9.32. The SMILES string of the molecule is CC(C)(C)C(=O)Nc1cccc(NC(=O)C2CCCN2C(=O)c2ccco2)c1. The van der Waals surface area contributed by atoms with E-state index in [1.807, 2.05) is 20.8 Å². The molecule has 28 heavy (non-hydrogen) atoms. The molecule has 2 aromatic rings. The molecule has 1 aliphatic heterocycles. The molecule has 1 aromatic carbocycles. The highest BCUT2D eigenvalue weighted by Gasteiger charge is 2.35. The number of amides is 3. The molecule has 2 N–H and O–H groups in total. The second-order valence-electron chi connectivity index (χ2n) is 7.91. The first kappa shape index (κ1) is 19.7. The van der Waals surface area contributed by atoms with Gasteiger partial charge in [0.2, 0.25) is 11.8 Å². The van der Waals surface area contributed by atoms with Gasteiger partial charge in [0.1, 0.15) is 6.04 Å². The van der Waals surface area contributed by atoms with E-state index < -0.39 is 11.5 Å². The summed E-state index contributed by atoms with van der Waals surface area (Å²) in [5.41, 5.74) is 0.650. The number of benzene rings is 1. The molecule has 7 nitrogen and oxygen atoms in total. The lowest BCUT2D eigenvalue weighted by Crippen LogP contribution is -2.43. The zero-order valence-electron chi connectivity index (χ0n) is 16.3. The summed E-state index contributed by atoms with van der Waals surface area (Å²) in [5.74, 6) is -0.417. The van der Waals surface area contributed by atoms with Crippen molar-refractivity contribution in [2.45, 2.75) is 39.7 Å². The van der Waals surface area contributed by atoms with Crippen LogP contribution in [0, 0.1) is 5.41 Å². The Bertz CT molecular complexity index is 868.